The highest BCUT2D eigenvalue weighted by molar-refractivity contribution is 9.10. The lowest BCUT2D eigenvalue weighted by Gasteiger charge is -2.27. The van der Waals surface area contributed by atoms with Gasteiger partial charge in [-0.2, -0.15) is 0 Å². The van der Waals surface area contributed by atoms with Crippen LogP contribution in [0.2, 0.25) is 5.02 Å². The second-order valence-electron chi connectivity index (χ2n) is 7.15. The minimum absolute atomic E-state index is 0.0474. The average molecular weight is 431 g/mol. The summed E-state index contributed by atoms with van der Waals surface area (Å²) >= 11 is 9.56. The van der Waals surface area contributed by atoms with E-state index < -0.39 is 0 Å². The van der Waals surface area contributed by atoms with Gasteiger partial charge in [0.1, 0.15) is 0 Å². The summed E-state index contributed by atoms with van der Waals surface area (Å²) in [5.41, 5.74) is 3.71. The Morgan fingerprint density at radius 2 is 1.77 bits per heavy atom. The van der Waals surface area contributed by atoms with Gasteiger partial charge in [0.2, 0.25) is 0 Å². The van der Waals surface area contributed by atoms with Crippen molar-refractivity contribution in [3.63, 3.8) is 0 Å². The molecule has 1 N–H and O–H groups in total. The van der Waals surface area contributed by atoms with Crippen LogP contribution in [0.5, 0.6) is 0 Å². The van der Waals surface area contributed by atoms with Gasteiger partial charge in [-0.25, -0.2) is 0 Å². The number of ketones is 1. The van der Waals surface area contributed by atoms with E-state index in [-0.39, 0.29) is 11.8 Å². The van der Waals surface area contributed by atoms with Crippen LogP contribution >= 0.6 is 27.5 Å². The van der Waals surface area contributed by atoms with E-state index in [1.54, 1.807) is 0 Å². The summed E-state index contributed by atoms with van der Waals surface area (Å²) in [6, 6.07) is 14.0. The lowest BCUT2D eigenvalue weighted by atomic mass is 9.93. The number of halogens is 2. The van der Waals surface area contributed by atoms with Crippen molar-refractivity contribution < 1.29 is 4.79 Å². The molecule has 2 nitrogen and oxygen atoms in total. The lowest BCUT2D eigenvalue weighted by molar-refractivity contribution is 0.103. The van der Waals surface area contributed by atoms with Gasteiger partial charge >= 0.3 is 0 Å². The molecule has 1 unspecified atom stereocenters. The molecule has 0 heterocycles. The van der Waals surface area contributed by atoms with Crippen molar-refractivity contribution in [2.75, 3.05) is 0 Å². The number of nitrogens with one attached hydrogen (secondary N) is 1. The minimum atomic E-state index is -0.0474. The number of carbonyl (C=O) groups is 1. The third-order valence-corrected chi connectivity index (χ3v) is 6.09. The Balaban J connectivity index is 1.72. The Labute approximate surface area is 167 Å². The van der Waals surface area contributed by atoms with Gasteiger partial charge in [-0.3, -0.25) is 4.79 Å². The van der Waals surface area contributed by atoms with Crippen molar-refractivity contribution in [2.45, 2.75) is 44.2 Å². The summed E-state index contributed by atoms with van der Waals surface area (Å²) < 4.78 is 1.01. The molecule has 1 atom stereocenters. The Bertz CT molecular complexity index is 853. The van der Waals surface area contributed by atoms with Crippen molar-refractivity contribution in [1.29, 1.82) is 0 Å². The number of rotatable bonds is 3. The Hall–Kier alpha value is -1.42. The minimum Gasteiger partial charge on any atom is -0.303 e. The zero-order valence-corrected chi connectivity index (χ0v) is 16.8. The van der Waals surface area contributed by atoms with Crippen LogP contribution in [0.1, 0.15) is 59.6 Å². The van der Waals surface area contributed by atoms with E-state index in [1.165, 1.54) is 32.1 Å². The smallest absolute Gasteiger partial charge is 0.191 e. The molecule has 4 heteroatoms. The molecule has 0 aromatic heterocycles. The van der Waals surface area contributed by atoms with Crippen LogP contribution in [0.25, 0.3) is 6.08 Å². The molecule has 0 aliphatic heterocycles. The maximum Gasteiger partial charge on any atom is 0.191 e. The van der Waals surface area contributed by atoms with Crippen LogP contribution in [0.3, 0.4) is 0 Å². The zero-order chi connectivity index (χ0) is 18.1. The van der Waals surface area contributed by atoms with E-state index in [0.717, 1.165) is 26.7 Å². The first-order valence-electron chi connectivity index (χ1n) is 9.19. The second-order valence-corrected chi connectivity index (χ2v) is 8.50. The third kappa shape index (κ3) is 3.66. The number of hydrogen-bond donors (Lipinski definition) is 1. The summed E-state index contributed by atoms with van der Waals surface area (Å²) in [6.45, 7) is 0. The summed E-state index contributed by atoms with van der Waals surface area (Å²) in [5.74, 6) is 0.121. The fourth-order valence-electron chi connectivity index (χ4n) is 4.01. The average Bonchev–Trinajstić information content (AvgIpc) is 2.89. The van der Waals surface area contributed by atoms with Crippen LogP contribution in [0.15, 0.2) is 52.5 Å². The number of Topliss-reactive ketones (excluding diaryl/α,β-unsaturated/α-hetero) is 1. The van der Waals surface area contributed by atoms with Crippen LogP contribution in [0, 0.1) is 0 Å². The molecule has 2 aliphatic carbocycles. The van der Waals surface area contributed by atoms with Crippen LogP contribution in [-0.2, 0) is 0 Å². The first kappa shape index (κ1) is 18.0. The first-order valence-corrected chi connectivity index (χ1v) is 10.4. The van der Waals surface area contributed by atoms with Gasteiger partial charge in [0.05, 0.1) is 6.04 Å². The molecule has 2 aromatic carbocycles. The molecular weight excluding hydrogens is 410 g/mol. The van der Waals surface area contributed by atoms with E-state index >= 15 is 0 Å². The number of fused-ring (bicyclic) bond motifs is 1. The Morgan fingerprint density at radius 1 is 1.04 bits per heavy atom. The molecular formula is C22H21BrClNO. The normalized spacial score (nSPS) is 22.0. The molecule has 0 radical (unpaired) electrons. The molecule has 1 saturated carbocycles. The molecule has 4 rings (SSSR count). The molecule has 0 bridgehead atoms. The van der Waals surface area contributed by atoms with E-state index in [0.29, 0.717) is 11.1 Å². The van der Waals surface area contributed by atoms with Gasteiger partial charge < -0.3 is 5.32 Å². The fraction of sp³-hybridized carbons (Fsp3) is 0.318. The van der Waals surface area contributed by atoms with Gasteiger partial charge in [-0.15, -0.1) is 0 Å². The lowest BCUT2D eigenvalue weighted by Crippen LogP contribution is -2.34. The van der Waals surface area contributed by atoms with Gasteiger partial charge in [0.25, 0.3) is 0 Å². The summed E-state index contributed by atoms with van der Waals surface area (Å²) in [6.07, 6.45) is 8.22. The number of benzene rings is 2. The van der Waals surface area contributed by atoms with Crippen molar-refractivity contribution in [1.82, 2.24) is 5.32 Å². The topological polar surface area (TPSA) is 29.1 Å². The van der Waals surface area contributed by atoms with Gasteiger partial charge in [0.15, 0.2) is 5.78 Å². The second kappa shape index (κ2) is 7.67. The fourth-order valence-corrected chi connectivity index (χ4v) is 4.51. The van der Waals surface area contributed by atoms with Crippen LogP contribution in [0.4, 0.5) is 0 Å². The van der Waals surface area contributed by atoms with Gasteiger partial charge in [-0.05, 0) is 60.4 Å². The zero-order valence-electron chi connectivity index (χ0n) is 14.5. The highest BCUT2D eigenvalue weighted by atomic mass is 79.9. The predicted octanol–water partition coefficient (Wildman–Crippen LogP) is 6.35. The number of hydrogen-bond acceptors (Lipinski definition) is 2. The van der Waals surface area contributed by atoms with E-state index in [4.69, 9.17) is 11.6 Å². The quantitative estimate of drug-likeness (QED) is 0.575. The molecule has 2 aliphatic rings. The maximum absolute atomic E-state index is 13.1. The molecule has 0 saturated heterocycles. The van der Waals surface area contributed by atoms with Crippen molar-refractivity contribution in [3.8, 4) is 0 Å². The molecule has 1 fully saturated rings. The highest BCUT2D eigenvalue weighted by Gasteiger charge is 2.36. The van der Waals surface area contributed by atoms with Crippen molar-refractivity contribution >= 4 is 39.4 Å². The summed E-state index contributed by atoms with van der Waals surface area (Å²) in [4.78, 5) is 13.1. The molecule has 0 spiro atoms. The Morgan fingerprint density at radius 3 is 2.50 bits per heavy atom. The van der Waals surface area contributed by atoms with E-state index in [9.17, 15) is 4.79 Å². The van der Waals surface area contributed by atoms with Crippen LogP contribution in [-0.4, -0.2) is 11.8 Å². The van der Waals surface area contributed by atoms with E-state index in [1.807, 2.05) is 42.5 Å². The highest BCUT2D eigenvalue weighted by Crippen LogP contribution is 2.39. The van der Waals surface area contributed by atoms with Gasteiger partial charge in [0, 0.05) is 26.7 Å². The summed E-state index contributed by atoms with van der Waals surface area (Å²) in [5, 5.41) is 4.48. The standard InChI is InChI=1S/C22H21BrClNO/c23-15-8-11-18-19(13-15)21(25-17-4-2-1-3-5-17)20(22(18)26)12-14-6-9-16(24)10-7-14/h6-13,17,21,25H,1-5H2. The van der Waals surface area contributed by atoms with Crippen LogP contribution < -0.4 is 5.32 Å². The largest absolute Gasteiger partial charge is 0.303 e. The monoisotopic (exact) mass is 429 g/mol. The third-order valence-electron chi connectivity index (χ3n) is 5.34. The maximum atomic E-state index is 13.1. The SMILES string of the molecule is O=C1C(=Cc2ccc(Cl)cc2)C(NC2CCCCC2)c2cc(Br)ccc21. The predicted molar refractivity (Wildman–Crippen MR) is 111 cm³/mol. The van der Waals surface area contributed by atoms with Crippen molar-refractivity contribution in [2.24, 2.45) is 0 Å². The molecule has 0 amide bonds. The first-order chi connectivity index (χ1) is 12.6. The summed E-state index contributed by atoms with van der Waals surface area (Å²) in [7, 11) is 0. The van der Waals surface area contributed by atoms with Gasteiger partial charge in [-0.1, -0.05) is 58.9 Å². The van der Waals surface area contributed by atoms with E-state index in [2.05, 4.69) is 27.3 Å². The Kier molecular flexibility index (Phi) is 5.30. The number of carbonyl (C=O) groups excluding carboxylic acids is 1. The molecule has 2 aromatic rings. The molecule has 26 heavy (non-hydrogen) atoms. The van der Waals surface area contributed by atoms with Crippen molar-refractivity contribution in [3.05, 3.63) is 74.2 Å². The molecule has 134 valence electrons.